The van der Waals surface area contributed by atoms with Crippen LogP contribution in [0.2, 0.25) is 0 Å². The summed E-state index contributed by atoms with van der Waals surface area (Å²) >= 11 is 0. The fraction of sp³-hybridized carbons (Fsp3) is 0.0625. The first-order valence-electron chi connectivity index (χ1n) is 6.91. The second kappa shape index (κ2) is 6.29. The number of hydrogen-bond acceptors (Lipinski definition) is 6. The molecule has 0 saturated heterocycles. The van der Waals surface area contributed by atoms with Crippen molar-refractivity contribution in [2.75, 3.05) is 5.32 Å². The van der Waals surface area contributed by atoms with E-state index in [0.29, 0.717) is 22.3 Å². The minimum absolute atomic E-state index is 0.119. The van der Waals surface area contributed by atoms with E-state index in [0.717, 1.165) is 0 Å². The molecule has 2 N–H and O–H groups in total. The van der Waals surface area contributed by atoms with E-state index in [9.17, 15) is 9.59 Å². The highest BCUT2D eigenvalue weighted by Gasteiger charge is 2.10. The number of carbonyl (C=O) groups is 2. The lowest BCUT2D eigenvalue weighted by Gasteiger charge is -2.08. The molecular weight excluding hydrogens is 312 g/mol. The highest BCUT2D eigenvalue weighted by atomic mass is 16.5. The van der Waals surface area contributed by atoms with Gasteiger partial charge in [0.25, 0.3) is 0 Å². The van der Waals surface area contributed by atoms with E-state index in [4.69, 9.17) is 9.84 Å². The normalized spacial score (nSPS) is 10.4. The predicted molar refractivity (Wildman–Crippen MR) is 85.1 cm³/mol. The molecule has 1 amide bonds. The van der Waals surface area contributed by atoms with Crippen LogP contribution in [0.25, 0.3) is 10.8 Å². The molecule has 8 nitrogen and oxygen atoms in total. The van der Waals surface area contributed by atoms with Crippen molar-refractivity contribution in [3.63, 3.8) is 0 Å². The van der Waals surface area contributed by atoms with Crippen LogP contribution in [0.3, 0.4) is 0 Å². The summed E-state index contributed by atoms with van der Waals surface area (Å²) in [6.07, 6.45) is 4.12. The molecule has 2 aromatic heterocycles. The van der Waals surface area contributed by atoms with Gasteiger partial charge in [-0.3, -0.25) is 9.78 Å². The predicted octanol–water partition coefficient (Wildman–Crippen LogP) is 2.47. The van der Waals surface area contributed by atoms with Gasteiger partial charge in [-0.25, -0.2) is 14.8 Å². The van der Waals surface area contributed by atoms with Gasteiger partial charge in [0.05, 0.1) is 5.56 Å². The number of carbonyl (C=O) groups excluding carboxylic acids is 1. The number of ether oxygens (including phenoxy) is 1. The molecule has 2 heterocycles. The molecule has 0 spiro atoms. The minimum Gasteiger partial charge on any atom is -0.478 e. The van der Waals surface area contributed by atoms with Crippen molar-refractivity contribution in [1.82, 2.24) is 15.0 Å². The van der Waals surface area contributed by atoms with Crippen LogP contribution >= 0.6 is 0 Å². The molecule has 0 aliphatic rings. The van der Waals surface area contributed by atoms with Crippen LogP contribution in [0.5, 0.6) is 11.6 Å². The Labute approximate surface area is 136 Å². The summed E-state index contributed by atoms with van der Waals surface area (Å²) in [5.74, 6) is -0.270. The number of nitrogens with one attached hydrogen (secondary N) is 1. The van der Waals surface area contributed by atoms with Crippen LogP contribution in [-0.2, 0) is 4.79 Å². The Kier molecular flexibility index (Phi) is 4.02. The standard InChI is InChI=1S/C16H12N4O4/c1-9(21)20-14-5-15(19-8-18-14)24-11-2-3-12-10(4-11)6-17-7-13(12)16(22)23/h2-8H,1H3,(H,22,23)(H,18,19,20,21). The monoisotopic (exact) mass is 324 g/mol. The number of pyridine rings is 1. The smallest absolute Gasteiger partial charge is 0.337 e. The van der Waals surface area contributed by atoms with Gasteiger partial charge in [-0.05, 0) is 23.6 Å². The zero-order valence-corrected chi connectivity index (χ0v) is 12.6. The number of rotatable bonds is 4. The number of carboxylic acids is 1. The van der Waals surface area contributed by atoms with Crippen LogP contribution in [0, 0.1) is 0 Å². The topological polar surface area (TPSA) is 114 Å². The van der Waals surface area contributed by atoms with Crippen molar-refractivity contribution in [2.45, 2.75) is 6.92 Å². The molecule has 0 bridgehead atoms. The summed E-state index contributed by atoms with van der Waals surface area (Å²) in [5.41, 5.74) is 0.119. The Morgan fingerprint density at radius 3 is 2.75 bits per heavy atom. The van der Waals surface area contributed by atoms with Crippen molar-refractivity contribution in [3.05, 3.63) is 48.5 Å². The Hall–Kier alpha value is -3.55. The highest BCUT2D eigenvalue weighted by molar-refractivity contribution is 6.03. The Morgan fingerprint density at radius 2 is 2.00 bits per heavy atom. The molecule has 24 heavy (non-hydrogen) atoms. The van der Waals surface area contributed by atoms with E-state index in [1.807, 2.05) is 0 Å². The molecule has 3 aromatic rings. The van der Waals surface area contributed by atoms with E-state index < -0.39 is 5.97 Å². The van der Waals surface area contributed by atoms with E-state index in [-0.39, 0.29) is 17.4 Å². The minimum atomic E-state index is -1.04. The maximum Gasteiger partial charge on any atom is 0.337 e. The molecule has 0 unspecified atom stereocenters. The quantitative estimate of drug-likeness (QED) is 0.757. The summed E-state index contributed by atoms with van der Waals surface area (Å²) in [7, 11) is 0. The molecule has 3 rings (SSSR count). The summed E-state index contributed by atoms with van der Waals surface area (Å²) in [4.78, 5) is 34.0. The van der Waals surface area contributed by atoms with Crippen molar-refractivity contribution in [2.24, 2.45) is 0 Å². The zero-order valence-electron chi connectivity index (χ0n) is 12.6. The number of anilines is 1. The zero-order chi connectivity index (χ0) is 17.1. The highest BCUT2D eigenvalue weighted by Crippen LogP contribution is 2.26. The number of aromatic nitrogens is 3. The lowest BCUT2D eigenvalue weighted by Crippen LogP contribution is -2.07. The SMILES string of the molecule is CC(=O)Nc1cc(Oc2ccc3c(C(=O)O)cncc3c2)ncn1. The summed E-state index contributed by atoms with van der Waals surface area (Å²) in [6.45, 7) is 1.37. The van der Waals surface area contributed by atoms with Gasteiger partial charge in [0.15, 0.2) is 0 Å². The third-order valence-electron chi connectivity index (χ3n) is 3.13. The van der Waals surface area contributed by atoms with Crippen molar-refractivity contribution in [1.29, 1.82) is 0 Å². The summed E-state index contributed by atoms with van der Waals surface area (Å²) in [5, 5.41) is 12.9. The van der Waals surface area contributed by atoms with Gasteiger partial charge in [0.1, 0.15) is 17.9 Å². The second-order valence-electron chi connectivity index (χ2n) is 4.90. The molecule has 0 radical (unpaired) electrons. The third-order valence-corrected chi connectivity index (χ3v) is 3.13. The van der Waals surface area contributed by atoms with Crippen LogP contribution in [0.4, 0.5) is 5.82 Å². The first-order valence-corrected chi connectivity index (χ1v) is 6.91. The molecule has 120 valence electrons. The lowest BCUT2D eigenvalue weighted by atomic mass is 10.1. The fourth-order valence-electron chi connectivity index (χ4n) is 2.15. The van der Waals surface area contributed by atoms with Crippen LogP contribution in [0.15, 0.2) is 43.0 Å². The average Bonchev–Trinajstić information content (AvgIpc) is 2.53. The molecule has 0 saturated carbocycles. The Balaban J connectivity index is 1.91. The first kappa shape index (κ1) is 15.3. The van der Waals surface area contributed by atoms with Crippen molar-refractivity contribution in [3.8, 4) is 11.6 Å². The van der Waals surface area contributed by atoms with Gasteiger partial charge in [0, 0.05) is 30.8 Å². The van der Waals surface area contributed by atoms with Crippen molar-refractivity contribution >= 4 is 28.5 Å². The largest absolute Gasteiger partial charge is 0.478 e. The van der Waals surface area contributed by atoms with Gasteiger partial charge in [0.2, 0.25) is 11.8 Å². The maximum atomic E-state index is 11.2. The second-order valence-corrected chi connectivity index (χ2v) is 4.90. The number of nitrogens with zero attached hydrogens (tertiary/aromatic N) is 3. The molecule has 1 aromatic carbocycles. The number of amides is 1. The van der Waals surface area contributed by atoms with Gasteiger partial charge < -0.3 is 15.2 Å². The number of benzene rings is 1. The van der Waals surface area contributed by atoms with E-state index in [1.165, 1.54) is 25.5 Å². The lowest BCUT2D eigenvalue weighted by molar-refractivity contribution is -0.114. The van der Waals surface area contributed by atoms with E-state index in [1.54, 1.807) is 24.4 Å². The first-order chi connectivity index (χ1) is 11.5. The Bertz CT molecular complexity index is 942. The maximum absolute atomic E-state index is 11.2. The molecule has 0 aliphatic heterocycles. The number of fused-ring (bicyclic) bond motifs is 1. The molecule has 0 aliphatic carbocycles. The van der Waals surface area contributed by atoms with E-state index in [2.05, 4.69) is 20.3 Å². The Morgan fingerprint density at radius 1 is 1.17 bits per heavy atom. The van der Waals surface area contributed by atoms with Crippen LogP contribution in [-0.4, -0.2) is 31.9 Å². The van der Waals surface area contributed by atoms with E-state index >= 15 is 0 Å². The number of hydrogen-bond donors (Lipinski definition) is 2. The summed E-state index contributed by atoms with van der Waals surface area (Å²) < 4.78 is 5.63. The van der Waals surface area contributed by atoms with Crippen molar-refractivity contribution < 1.29 is 19.4 Å². The third kappa shape index (κ3) is 3.27. The van der Waals surface area contributed by atoms with Crippen LogP contribution in [0.1, 0.15) is 17.3 Å². The average molecular weight is 324 g/mol. The molecule has 0 atom stereocenters. The molecule has 8 heteroatoms. The van der Waals surface area contributed by atoms with Gasteiger partial charge in [-0.2, -0.15) is 0 Å². The van der Waals surface area contributed by atoms with Crippen LogP contribution < -0.4 is 10.1 Å². The number of aromatic carboxylic acids is 1. The summed E-state index contributed by atoms with van der Waals surface area (Å²) in [6, 6.07) is 6.42. The van der Waals surface area contributed by atoms with Gasteiger partial charge in [-0.15, -0.1) is 0 Å². The number of carboxylic acid groups (broad SMARTS) is 1. The fourth-order valence-corrected chi connectivity index (χ4v) is 2.15. The molecular formula is C16H12N4O4. The molecule has 0 fully saturated rings. The van der Waals surface area contributed by atoms with Gasteiger partial charge >= 0.3 is 5.97 Å². The van der Waals surface area contributed by atoms with Gasteiger partial charge in [-0.1, -0.05) is 0 Å².